The minimum absolute atomic E-state index is 0.102. The largest absolute Gasteiger partial charge is 0.469 e. The van der Waals surface area contributed by atoms with Crippen molar-refractivity contribution in [3.05, 3.63) is 47.4 Å². The third-order valence-electron chi connectivity index (χ3n) is 5.58. The number of nitrogens with zero attached hydrogens (tertiary/aromatic N) is 5. The fourth-order valence-corrected chi connectivity index (χ4v) is 7.37. The van der Waals surface area contributed by atoms with Gasteiger partial charge in [-0.05, 0) is 38.5 Å². The number of carbonyl (C=O) groups is 2. The highest BCUT2D eigenvalue weighted by molar-refractivity contribution is 7.92. The molecule has 0 saturated heterocycles. The highest BCUT2D eigenvalue weighted by atomic mass is 32.2. The number of fused-ring (bicyclic) bond motifs is 1. The van der Waals surface area contributed by atoms with Crippen molar-refractivity contribution in [2.45, 2.75) is 44.6 Å². The van der Waals surface area contributed by atoms with Crippen molar-refractivity contribution < 1.29 is 40.3 Å². The van der Waals surface area contributed by atoms with Gasteiger partial charge in [-0.15, -0.1) is 21.5 Å². The Kier molecular flexibility index (Phi) is 9.19. The van der Waals surface area contributed by atoms with E-state index in [0.717, 1.165) is 29.6 Å². The normalized spacial score (nSPS) is 13.1. The third kappa shape index (κ3) is 8.33. The summed E-state index contributed by atoms with van der Waals surface area (Å²) in [6.07, 6.45) is 1.90. The Bertz CT molecular complexity index is 1860. The van der Waals surface area contributed by atoms with Crippen LogP contribution in [-0.2, 0) is 47.9 Å². The average Bonchev–Trinajstić information content (AvgIpc) is 3.64. The molecule has 1 aromatic carbocycles. The number of methoxy groups -OCH3 is 1. The van der Waals surface area contributed by atoms with E-state index in [2.05, 4.69) is 25.0 Å². The van der Waals surface area contributed by atoms with Crippen LogP contribution in [0.3, 0.4) is 0 Å². The van der Waals surface area contributed by atoms with Gasteiger partial charge in [0.15, 0.2) is 15.1 Å². The summed E-state index contributed by atoms with van der Waals surface area (Å²) in [4.78, 5) is 28.1. The van der Waals surface area contributed by atoms with Crippen LogP contribution in [0.1, 0.15) is 49.2 Å². The van der Waals surface area contributed by atoms with Gasteiger partial charge in [-0.25, -0.2) is 22.9 Å². The first-order valence-electron chi connectivity index (χ1n) is 12.6. The Labute approximate surface area is 250 Å². The van der Waals surface area contributed by atoms with E-state index < -0.39 is 61.7 Å². The third-order valence-corrected chi connectivity index (χ3v) is 9.69. The Morgan fingerprint density at radius 2 is 1.88 bits per heavy atom. The van der Waals surface area contributed by atoms with Crippen LogP contribution in [0.4, 0.5) is 4.79 Å². The topological polar surface area (TPSA) is 215 Å². The summed E-state index contributed by atoms with van der Waals surface area (Å²) >= 11 is 1.09. The number of aromatic nitrogens is 5. The molecule has 4 rings (SSSR count). The maximum absolute atomic E-state index is 13.5. The fourth-order valence-electron chi connectivity index (χ4n) is 3.71. The van der Waals surface area contributed by atoms with Crippen LogP contribution in [-0.4, -0.2) is 72.3 Å². The monoisotopic (exact) mass is 655 g/mol. The minimum atomic E-state index is -4.40. The van der Waals surface area contributed by atoms with Gasteiger partial charge in [-0.1, -0.05) is 6.07 Å². The molecular formula is C24H29N7O9S3. The van der Waals surface area contributed by atoms with Gasteiger partial charge in [0.1, 0.15) is 10.6 Å². The van der Waals surface area contributed by atoms with Crippen LogP contribution in [0, 0.1) is 0 Å². The minimum Gasteiger partial charge on any atom is -0.469 e. The molecule has 4 aromatic rings. The lowest BCUT2D eigenvalue weighted by atomic mass is 10.1. The van der Waals surface area contributed by atoms with Crippen LogP contribution < -0.4 is 9.44 Å². The molecule has 0 aliphatic carbocycles. The SMILES string of the molecule is COC(=O)CCS(=O)(=O)C(c1nnc(CNS(=O)(=O)NC(=O)OC(C)(C)C)o1)c1nc2ccc(-c3cnn(C)c3)cc2s1. The van der Waals surface area contributed by atoms with Gasteiger partial charge in [-0.3, -0.25) is 9.48 Å². The van der Waals surface area contributed by atoms with Crippen molar-refractivity contribution in [3.8, 4) is 11.1 Å². The number of hydrogen-bond donors (Lipinski definition) is 2. The molecule has 0 fully saturated rings. The van der Waals surface area contributed by atoms with Gasteiger partial charge in [0.2, 0.25) is 11.8 Å². The van der Waals surface area contributed by atoms with Gasteiger partial charge in [-0.2, -0.15) is 18.2 Å². The van der Waals surface area contributed by atoms with E-state index in [4.69, 9.17) is 9.15 Å². The van der Waals surface area contributed by atoms with Crippen molar-refractivity contribution in [1.82, 2.24) is 34.4 Å². The zero-order chi connectivity index (χ0) is 31.6. The number of benzene rings is 1. The first-order chi connectivity index (χ1) is 20.0. The van der Waals surface area contributed by atoms with Crippen molar-refractivity contribution >= 4 is 53.7 Å². The summed E-state index contributed by atoms with van der Waals surface area (Å²) < 4.78 is 72.7. The number of amides is 1. The second kappa shape index (κ2) is 12.3. The lowest BCUT2D eigenvalue weighted by Crippen LogP contribution is -2.42. The second-order valence-electron chi connectivity index (χ2n) is 10.2. The lowest BCUT2D eigenvalue weighted by Gasteiger charge is -2.19. The maximum Gasteiger partial charge on any atom is 0.422 e. The molecule has 232 valence electrons. The summed E-state index contributed by atoms with van der Waals surface area (Å²) in [6, 6.07) is 5.41. The van der Waals surface area contributed by atoms with E-state index in [9.17, 15) is 26.4 Å². The quantitative estimate of drug-likeness (QED) is 0.221. The molecule has 3 heterocycles. The average molecular weight is 656 g/mol. The van der Waals surface area contributed by atoms with Crippen molar-refractivity contribution in [2.24, 2.45) is 7.05 Å². The summed E-state index contributed by atoms with van der Waals surface area (Å²) in [6.45, 7) is 4.11. The predicted molar refractivity (Wildman–Crippen MR) is 154 cm³/mol. The number of ether oxygens (including phenoxy) is 2. The van der Waals surface area contributed by atoms with E-state index in [0.29, 0.717) is 10.2 Å². The number of carbonyl (C=O) groups excluding carboxylic acids is 2. The molecule has 3 aromatic heterocycles. The molecule has 43 heavy (non-hydrogen) atoms. The Morgan fingerprint density at radius 3 is 2.53 bits per heavy atom. The van der Waals surface area contributed by atoms with Crippen LogP contribution >= 0.6 is 11.3 Å². The van der Waals surface area contributed by atoms with Gasteiger partial charge in [0, 0.05) is 18.8 Å². The first kappa shape index (κ1) is 32.0. The maximum atomic E-state index is 13.5. The molecule has 0 spiro atoms. The summed E-state index contributed by atoms with van der Waals surface area (Å²) in [7, 11) is -5.64. The molecule has 1 unspecified atom stereocenters. The van der Waals surface area contributed by atoms with Crippen molar-refractivity contribution in [3.63, 3.8) is 0 Å². The molecule has 0 aliphatic heterocycles. The highest BCUT2D eigenvalue weighted by Crippen LogP contribution is 2.37. The summed E-state index contributed by atoms with van der Waals surface area (Å²) in [5.41, 5.74) is 1.28. The number of sulfone groups is 1. The Balaban J connectivity index is 1.62. The van der Waals surface area contributed by atoms with Crippen LogP contribution in [0.5, 0.6) is 0 Å². The lowest BCUT2D eigenvalue weighted by molar-refractivity contribution is -0.140. The number of rotatable bonds is 11. The standard InChI is InChI=1S/C24H29N7O9S3/c1-24(2,3)40-23(33)30-43(36,37)26-12-18-28-29-21(39-18)20(42(34,35)9-8-19(32)38-5)22-27-16-7-6-14(10-17(16)41-22)15-11-25-31(4)13-15/h6-7,10-11,13,20,26H,8-9,12H2,1-5H3,(H,30,33). The van der Waals surface area contributed by atoms with Crippen molar-refractivity contribution in [1.29, 1.82) is 0 Å². The van der Waals surface area contributed by atoms with E-state index in [1.54, 1.807) is 49.5 Å². The zero-order valence-corrected chi connectivity index (χ0v) is 26.2. The second-order valence-corrected chi connectivity index (χ2v) is 14.9. The molecule has 0 radical (unpaired) electrons. The van der Waals surface area contributed by atoms with Gasteiger partial charge >= 0.3 is 22.3 Å². The molecule has 19 heteroatoms. The molecule has 0 aliphatic rings. The number of hydrogen-bond acceptors (Lipinski definition) is 14. The smallest absolute Gasteiger partial charge is 0.422 e. The summed E-state index contributed by atoms with van der Waals surface area (Å²) in [5, 5.41) is 10.3. The Hall–Kier alpha value is -3.94. The molecule has 2 N–H and O–H groups in total. The first-order valence-corrected chi connectivity index (χ1v) is 16.6. The van der Waals surface area contributed by atoms with E-state index in [-0.39, 0.29) is 16.8 Å². The number of esters is 1. The van der Waals surface area contributed by atoms with Gasteiger partial charge < -0.3 is 13.9 Å². The molecule has 0 saturated carbocycles. The molecular weight excluding hydrogens is 627 g/mol. The van der Waals surface area contributed by atoms with Crippen LogP contribution in [0.25, 0.3) is 21.3 Å². The van der Waals surface area contributed by atoms with Gasteiger partial charge in [0.25, 0.3) is 0 Å². The van der Waals surface area contributed by atoms with E-state index in [1.807, 2.05) is 23.1 Å². The number of thiazole rings is 1. The number of aryl methyl sites for hydroxylation is 1. The fraction of sp³-hybridized carbons (Fsp3) is 0.417. The van der Waals surface area contributed by atoms with Crippen LogP contribution in [0.15, 0.2) is 35.0 Å². The zero-order valence-electron chi connectivity index (χ0n) is 23.7. The molecule has 0 bridgehead atoms. The van der Waals surface area contributed by atoms with E-state index in [1.165, 1.54) is 0 Å². The molecule has 16 nitrogen and oxygen atoms in total. The molecule has 1 atom stereocenters. The highest BCUT2D eigenvalue weighted by Gasteiger charge is 2.37. The van der Waals surface area contributed by atoms with E-state index >= 15 is 0 Å². The summed E-state index contributed by atoms with van der Waals surface area (Å²) in [5.74, 6) is -2.01. The number of nitrogens with one attached hydrogen (secondary N) is 2. The Morgan fingerprint density at radius 1 is 1.14 bits per heavy atom. The molecule has 1 amide bonds. The van der Waals surface area contributed by atoms with Crippen molar-refractivity contribution in [2.75, 3.05) is 12.9 Å². The predicted octanol–water partition coefficient (Wildman–Crippen LogP) is 2.01. The van der Waals surface area contributed by atoms with Crippen LogP contribution in [0.2, 0.25) is 0 Å². The van der Waals surface area contributed by atoms with Gasteiger partial charge in [0.05, 0.1) is 42.2 Å².